The molecule has 0 aromatic carbocycles. The number of rotatable bonds is 4. The van der Waals surface area contributed by atoms with Gasteiger partial charge in [-0.3, -0.25) is 4.68 Å². The van der Waals surface area contributed by atoms with Crippen LogP contribution in [0, 0.1) is 0 Å². The second kappa shape index (κ2) is 5.96. The summed E-state index contributed by atoms with van der Waals surface area (Å²) in [4.78, 5) is 3.88. The number of aromatic nitrogens is 4. The maximum Gasteiger partial charge on any atom is 0.424 e. The van der Waals surface area contributed by atoms with Crippen LogP contribution in [-0.2, 0) is 12.1 Å². The summed E-state index contributed by atoms with van der Waals surface area (Å²) in [5, 5.41) is 24.7. The van der Waals surface area contributed by atoms with Crippen LogP contribution in [0.25, 0.3) is 11.4 Å². The number of nitrogens with zero attached hydrogens (tertiary/aromatic N) is 4. The zero-order chi connectivity index (χ0) is 21.3. The number of imidazole rings is 1. The van der Waals surface area contributed by atoms with Crippen LogP contribution < -0.4 is 4.74 Å². The van der Waals surface area contributed by atoms with Gasteiger partial charge in [0.1, 0.15) is 5.60 Å². The molecule has 1 aliphatic heterocycles. The van der Waals surface area contributed by atoms with E-state index in [-0.39, 0.29) is 12.4 Å². The van der Waals surface area contributed by atoms with Crippen molar-refractivity contribution in [3.8, 4) is 17.3 Å². The van der Waals surface area contributed by atoms with Crippen LogP contribution in [-0.4, -0.2) is 46.9 Å². The third-order valence-electron chi connectivity index (χ3n) is 5.52. The van der Waals surface area contributed by atoms with Gasteiger partial charge in [0.25, 0.3) is 0 Å². The van der Waals surface area contributed by atoms with Gasteiger partial charge in [0.2, 0.25) is 11.5 Å². The Morgan fingerprint density at radius 1 is 1.11 bits per heavy atom. The summed E-state index contributed by atoms with van der Waals surface area (Å²) < 4.78 is 48.8. The minimum absolute atomic E-state index is 0.244. The van der Waals surface area contributed by atoms with Crippen molar-refractivity contribution in [2.45, 2.75) is 77.1 Å². The minimum atomic E-state index is -4.86. The normalized spacial score (nSPS) is 19.8. The molecule has 156 valence electrons. The molecule has 0 bridgehead atoms. The van der Waals surface area contributed by atoms with E-state index in [0.29, 0.717) is 18.3 Å². The van der Waals surface area contributed by atoms with Crippen LogP contribution in [0.2, 0.25) is 0 Å². The van der Waals surface area contributed by atoms with E-state index < -0.39 is 34.8 Å². The molecular formula is C18H25F3N4O3. The highest BCUT2D eigenvalue weighted by molar-refractivity contribution is 5.58. The van der Waals surface area contributed by atoms with Crippen molar-refractivity contribution in [3.63, 3.8) is 0 Å². The highest BCUT2D eigenvalue weighted by Crippen LogP contribution is 2.42. The predicted octanol–water partition coefficient (Wildman–Crippen LogP) is 3.02. The fourth-order valence-corrected chi connectivity index (χ4v) is 2.99. The van der Waals surface area contributed by atoms with Gasteiger partial charge >= 0.3 is 6.18 Å². The number of hydrogen-bond acceptors (Lipinski definition) is 5. The molecule has 2 aromatic heterocycles. The molecule has 7 nitrogen and oxygen atoms in total. The summed E-state index contributed by atoms with van der Waals surface area (Å²) in [6.45, 7) is 9.38. The van der Waals surface area contributed by atoms with Gasteiger partial charge < -0.3 is 19.5 Å². The molecule has 3 heterocycles. The predicted molar refractivity (Wildman–Crippen MR) is 94.8 cm³/mol. The molecule has 10 heteroatoms. The molecule has 0 spiro atoms. The zero-order valence-corrected chi connectivity index (χ0v) is 16.7. The van der Waals surface area contributed by atoms with E-state index in [0.717, 1.165) is 0 Å². The molecule has 0 aliphatic carbocycles. The Morgan fingerprint density at radius 2 is 1.71 bits per heavy atom. The first-order valence-corrected chi connectivity index (χ1v) is 8.92. The van der Waals surface area contributed by atoms with Crippen LogP contribution in [0.5, 0.6) is 5.88 Å². The van der Waals surface area contributed by atoms with E-state index >= 15 is 0 Å². The standard InChI is InChI=1S/C18H25F3N4O3/c1-10-9-24-11(7-13(23-24)28-16(4,5)15(2,3)26)12-8-22-14(25(10)12)17(6,27)18(19,20)21/h7-8,10,26-27H,9H2,1-6H3/t10-,17?/m0/s1. The highest BCUT2D eigenvalue weighted by atomic mass is 19.4. The first-order chi connectivity index (χ1) is 12.6. The molecule has 0 saturated carbocycles. The monoisotopic (exact) mass is 402 g/mol. The number of hydrogen-bond donors (Lipinski definition) is 2. The summed E-state index contributed by atoms with van der Waals surface area (Å²) in [5.74, 6) is -0.220. The van der Waals surface area contributed by atoms with Crippen molar-refractivity contribution in [3.05, 3.63) is 18.1 Å². The van der Waals surface area contributed by atoms with E-state index in [2.05, 4.69) is 10.1 Å². The summed E-state index contributed by atoms with van der Waals surface area (Å²) in [6, 6.07) is 1.18. The van der Waals surface area contributed by atoms with E-state index in [1.54, 1.807) is 45.4 Å². The lowest BCUT2D eigenvalue weighted by molar-refractivity contribution is -0.262. The Morgan fingerprint density at radius 3 is 2.25 bits per heavy atom. The summed E-state index contributed by atoms with van der Waals surface area (Å²) >= 11 is 0. The maximum absolute atomic E-state index is 13.3. The second-order valence-corrected chi connectivity index (χ2v) is 8.48. The second-order valence-electron chi connectivity index (χ2n) is 8.48. The Hall–Kier alpha value is -2.07. The lowest BCUT2D eigenvalue weighted by Gasteiger charge is -2.36. The van der Waals surface area contributed by atoms with Gasteiger partial charge in [0.05, 0.1) is 35.8 Å². The smallest absolute Gasteiger partial charge is 0.424 e. The summed E-state index contributed by atoms with van der Waals surface area (Å²) in [5.41, 5.74) is -4.25. The van der Waals surface area contributed by atoms with Crippen LogP contribution in [0.1, 0.15) is 53.4 Å². The Labute approximate surface area is 160 Å². The number of ether oxygens (including phenoxy) is 1. The minimum Gasteiger partial charge on any atom is -0.468 e. The molecule has 2 N–H and O–H groups in total. The van der Waals surface area contributed by atoms with Gasteiger partial charge in [-0.2, -0.15) is 13.2 Å². The number of aliphatic hydroxyl groups is 2. The highest BCUT2D eigenvalue weighted by Gasteiger charge is 2.55. The summed E-state index contributed by atoms with van der Waals surface area (Å²) in [7, 11) is 0. The third kappa shape index (κ3) is 3.08. The first-order valence-electron chi connectivity index (χ1n) is 8.92. The largest absolute Gasteiger partial charge is 0.468 e. The van der Waals surface area contributed by atoms with Gasteiger partial charge in [0, 0.05) is 6.07 Å². The molecule has 2 aromatic rings. The Bertz CT molecular complexity index is 891. The van der Waals surface area contributed by atoms with Crippen LogP contribution in [0.15, 0.2) is 12.3 Å². The lowest BCUT2D eigenvalue weighted by Crippen LogP contribution is -2.49. The van der Waals surface area contributed by atoms with Crippen molar-refractivity contribution >= 4 is 0 Å². The molecule has 2 atom stereocenters. The molecular weight excluding hydrogens is 377 g/mol. The quantitative estimate of drug-likeness (QED) is 0.821. The van der Waals surface area contributed by atoms with Crippen LogP contribution >= 0.6 is 0 Å². The van der Waals surface area contributed by atoms with Crippen molar-refractivity contribution in [2.75, 3.05) is 0 Å². The molecule has 28 heavy (non-hydrogen) atoms. The van der Waals surface area contributed by atoms with Gasteiger partial charge in [-0.25, -0.2) is 4.98 Å². The fraction of sp³-hybridized carbons (Fsp3) is 0.667. The van der Waals surface area contributed by atoms with Gasteiger partial charge in [-0.1, -0.05) is 0 Å². The molecule has 1 aliphatic rings. The van der Waals surface area contributed by atoms with E-state index in [1.165, 1.54) is 10.8 Å². The average Bonchev–Trinajstić information content (AvgIpc) is 3.08. The molecule has 0 amide bonds. The average molecular weight is 402 g/mol. The number of fused-ring (bicyclic) bond motifs is 3. The van der Waals surface area contributed by atoms with Crippen molar-refractivity contribution < 1.29 is 28.1 Å². The summed E-state index contributed by atoms with van der Waals surface area (Å²) in [6.07, 6.45) is -3.57. The number of alkyl halides is 3. The van der Waals surface area contributed by atoms with Crippen LogP contribution in [0.4, 0.5) is 13.2 Å². The topological polar surface area (TPSA) is 85.3 Å². The molecule has 0 radical (unpaired) electrons. The Balaban J connectivity index is 2.04. The van der Waals surface area contributed by atoms with E-state index in [4.69, 9.17) is 4.74 Å². The van der Waals surface area contributed by atoms with Crippen molar-refractivity contribution in [1.29, 1.82) is 0 Å². The molecule has 0 saturated heterocycles. The maximum atomic E-state index is 13.3. The van der Waals surface area contributed by atoms with Crippen molar-refractivity contribution in [2.24, 2.45) is 0 Å². The van der Waals surface area contributed by atoms with E-state index in [9.17, 15) is 23.4 Å². The number of halogens is 3. The lowest BCUT2D eigenvalue weighted by atomic mass is 9.89. The van der Waals surface area contributed by atoms with E-state index in [1.807, 2.05) is 0 Å². The Kier molecular flexibility index (Phi) is 4.40. The third-order valence-corrected chi connectivity index (χ3v) is 5.52. The van der Waals surface area contributed by atoms with Crippen LogP contribution in [0.3, 0.4) is 0 Å². The first kappa shape index (κ1) is 20.7. The SMILES string of the molecule is C[C@H]1Cn2nc(OC(C)(C)C(C)(C)O)cc2-c2cnc(C(C)(O)C(F)(F)F)n21. The molecule has 1 unspecified atom stereocenters. The van der Waals surface area contributed by atoms with Gasteiger partial charge in [0.15, 0.2) is 5.82 Å². The molecule has 3 rings (SSSR count). The zero-order valence-electron chi connectivity index (χ0n) is 16.7. The fourth-order valence-electron chi connectivity index (χ4n) is 2.99. The van der Waals surface area contributed by atoms with Gasteiger partial charge in [-0.05, 0) is 41.5 Å². The molecule has 0 fully saturated rings. The van der Waals surface area contributed by atoms with Crippen molar-refractivity contribution in [1.82, 2.24) is 19.3 Å². The van der Waals surface area contributed by atoms with Gasteiger partial charge in [-0.15, -0.1) is 5.10 Å².